The number of rotatable bonds is 6. The highest BCUT2D eigenvalue weighted by Gasteiger charge is 2.27. The minimum atomic E-state index is 0.103. The van der Waals surface area contributed by atoms with Crippen molar-refractivity contribution in [2.45, 2.75) is 66.5 Å². The van der Waals surface area contributed by atoms with E-state index < -0.39 is 0 Å². The van der Waals surface area contributed by atoms with Crippen molar-refractivity contribution in [1.82, 2.24) is 9.78 Å². The van der Waals surface area contributed by atoms with Crippen molar-refractivity contribution < 1.29 is 0 Å². The van der Waals surface area contributed by atoms with Crippen molar-refractivity contribution >= 4 is 11.6 Å². The van der Waals surface area contributed by atoms with Gasteiger partial charge >= 0.3 is 0 Å². The molecule has 0 aliphatic heterocycles. The van der Waals surface area contributed by atoms with Crippen LogP contribution in [-0.2, 0) is 19.4 Å². The predicted molar refractivity (Wildman–Crippen MR) is 78.0 cm³/mol. The van der Waals surface area contributed by atoms with Crippen molar-refractivity contribution in [2.75, 3.05) is 0 Å². The minimum absolute atomic E-state index is 0.103. The zero-order valence-electron chi connectivity index (χ0n) is 12.3. The average Bonchev–Trinajstić information content (AvgIpc) is 2.66. The van der Waals surface area contributed by atoms with Crippen molar-refractivity contribution in [3.8, 4) is 0 Å². The Morgan fingerprint density at radius 2 is 1.94 bits per heavy atom. The molecule has 1 heterocycles. The highest BCUT2D eigenvalue weighted by atomic mass is 35.5. The summed E-state index contributed by atoms with van der Waals surface area (Å²) in [7, 11) is 0. The number of aromatic nitrogens is 2. The number of nitrogens with two attached hydrogens (primary N) is 1. The van der Waals surface area contributed by atoms with E-state index in [0.717, 1.165) is 42.2 Å². The van der Waals surface area contributed by atoms with Gasteiger partial charge in [0.25, 0.3) is 0 Å². The molecular weight excluding hydrogens is 246 g/mol. The van der Waals surface area contributed by atoms with Crippen LogP contribution in [0.3, 0.4) is 0 Å². The second kappa shape index (κ2) is 6.07. The number of hydrogen-bond acceptors (Lipinski definition) is 2. The largest absolute Gasteiger partial charge is 0.327 e. The number of nitrogens with zero attached hydrogens (tertiary/aromatic N) is 2. The summed E-state index contributed by atoms with van der Waals surface area (Å²) >= 11 is 6.41. The van der Waals surface area contributed by atoms with Crippen LogP contribution in [-0.4, -0.2) is 15.8 Å². The van der Waals surface area contributed by atoms with E-state index in [9.17, 15) is 0 Å². The quantitative estimate of drug-likeness (QED) is 0.862. The van der Waals surface area contributed by atoms with Gasteiger partial charge in [-0.3, -0.25) is 4.68 Å². The lowest BCUT2D eigenvalue weighted by atomic mass is 9.80. The van der Waals surface area contributed by atoms with Crippen LogP contribution < -0.4 is 5.73 Å². The lowest BCUT2D eigenvalue weighted by Gasteiger charge is -2.30. The van der Waals surface area contributed by atoms with Gasteiger partial charge in [-0.05, 0) is 25.2 Å². The summed E-state index contributed by atoms with van der Waals surface area (Å²) in [5.74, 6) is 0. The van der Waals surface area contributed by atoms with Crippen LogP contribution >= 0.6 is 11.6 Å². The molecule has 1 aromatic heterocycles. The van der Waals surface area contributed by atoms with E-state index in [1.165, 1.54) is 0 Å². The summed E-state index contributed by atoms with van der Waals surface area (Å²) < 4.78 is 1.99. The Bertz CT molecular complexity index is 396. The number of aryl methyl sites for hydroxylation is 2. The molecule has 0 spiro atoms. The topological polar surface area (TPSA) is 43.8 Å². The molecule has 0 bridgehead atoms. The lowest BCUT2D eigenvalue weighted by molar-refractivity contribution is 0.269. The van der Waals surface area contributed by atoms with Gasteiger partial charge < -0.3 is 5.73 Å². The van der Waals surface area contributed by atoms with E-state index in [4.69, 9.17) is 17.3 Å². The van der Waals surface area contributed by atoms with Crippen LogP contribution in [0.1, 0.15) is 52.4 Å². The van der Waals surface area contributed by atoms with Gasteiger partial charge in [0.2, 0.25) is 0 Å². The monoisotopic (exact) mass is 271 g/mol. The first-order chi connectivity index (χ1) is 8.37. The fraction of sp³-hybridized carbons (Fsp3) is 0.786. The molecule has 4 heteroatoms. The zero-order chi connectivity index (χ0) is 13.9. The summed E-state index contributed by atoms with van der Waals surface area (Å²) in [5, 5.41) is 5.34. The van der Waals surface area contributed by atoms with Crippen molar-refractivity contribution in [1.29, 1.82) is 0 Å². The molecule has 0 saturated heterocycles. The third-order valence-corrected chi connectivity index (χ3v) is 4.46. The Kier molecular flexibility index (Phi) is 5.23. The van der Waals surface area contributed by atoms with Gasteiger partial charge in [-0.2, -0.15) is 5.10 Å². The molecule has 0 aliphatic rings. The third-order valence-electron chi connectivity index (χ3n) is 4.02. The molecule has 2 N–H and O–H groups in total. The van der Waals surface area contributed by atoms with Crippen molar-refractivity contribution in [2.24, 2.45) is 11.1 Å². The highest BCUT2D eigenvalue weighted by Crippen LogP contribution is 2.29. The van der Waals surface area contributed by atoms with Crippen LogP contribution in [0, 0.1) is 5.41 Å². The molecule has 104 valence electrons. The fourth-order valence-electron chi connectivity index (χ4n) is 1.96. The molecule has 0 saturated carbocycles. The first-order valence-electron chi connectivity index (χ1n) is 6.86. The minimum Gasteiger partial charge on any atom is -0.327 e. The summed E-state index contributed by atoms with van der Waals surface area (Å²) in [6, 6.07) is 0.103. The Morgan fingerprint density at radius 3 is 2.39 bits per heavy atom. The van der Waals surface area contributed by atoms with E-state index in [0.29, 0.717) is 0 Å². The van der Waals surface area contributed by atoms with E-state index >= 15 is 0 Å². The average molecular weight is 272 g/mol. The van der Waals surface area contributed by atoms with Crippen LogP contribution in [0.2, 0.25) is 5.02 Å². The molecule has 3 nitrogen and oxygen atoms in total. The summed E-state index contributed by atoms with van der Waals surface area (Å²) in [6.07, 6.45) is 2.72. The number of hydrogen-bond donors (Lipinski definition) is 1. The maximum absolute atomic E-state index is 6.41. The van der Waals surface area contributed by atoms with E-state index in [2.05, 4.69) is 39.7 Å². The lowest BCUT2D eigenvalue weighted by Crippen LogP contribution is -2.39. The molecule has 18 heavy (non-hydrogen) atoms. The second-order valence-corrected chi connectivity index (χ2v) is 5.91. The van der Waals surface area contributed by atoms with Gasteiger partial charge in [-0.15, -0.1) is 0 Å². The maximum Gasteiger partial charge on any atom is 0.0850 e. The molecule has 1 unspecified atom stereocenters. The van der Waals surface area contributed by atoms with E-state index in [-0.39, 0.29) is 11.5 Å². The van der Waals surface area contributed by atoms with Gasteiger partial charge in [0.1, 0.15) is 0 Å². The van der Waals surface area contributed by atoms with Crippen LogP contribution in [0.15, 0.2) is 0 Å². The summed E-state index contributed by atoms with van der Waals surface area (Å²) in [4.78, 5) is 0. The molecule has 0 amide bonds. The predicted octanol–water partition coefficient (Wildman–Crippen LogP) is 3.42. The SMILES string of the molecule is CCc1nn(CC)c(CC(N)C(C)(C)CC)c1Cl. The van der Waals surface area contributed by atoms with Crippen LogP contribution in [0.25, 0.3) is 0 Å². The van der Waals surface area contributed by atoms with Gasteiger partial charge in [0.15, 0.2) is 0 Å². The van der Waals surface area contributed by atoms with Crippen molar-refractivity contribution in [3.05, 3.63) is 16.4 Å². The summed E-state index contributed by atoms with van der Waals surface area (Å²) in [6.45, 7) is 11.6. The van der Waals surface area contributed by atoms with Crippen molar-refractivity contribution in [3.63, 3.8) is 0 Å². The Balaban J connectivity index is 3.00. The Morgan fingerprint density at radius 1 is 1.33 bits per heavy atom. The molecule has 0 radical (unpaired) electrons. The standard InChI is InChI=1S/C14H26ClN3/c1-6-10-13(15)11(18(8-3)17-10)9-12(16)14(4,5)7-2/h12H,6-9,16H2,1-5H3. The normalized spacial score (nSPS) is 13.9. The molecule has 0 aliphatic carbocycles. The number of halogens is 1. The summed E-state index contributed by atoms with van der Waals surface area (Å²) in [5.41, 5.74) is 8.53. The van der Waals surface area contributed by atoms with E-state index in [1.54, 1.807) is 0 Å². The molecular formula is C14H26ClN3. The van der Waals surface area contributed by atoms with Gasteiger partial charge in [-0.25, -0.2) is 0 Å². The smallest absolute Gasteiger partial charge is 0.0850 e. The zero-order valence-corrected chi connectivity index (χ0v) is 13.0. The maximum atomic E-state index is 6.41. The Hall–Kier alpha value is -0.540. The molecule has 1 atom stereocenters. The first-order valence-corrected chi connectivity index (χ1v) is 7.24. The second-order valence-electron chi connectivity index (χ2n) is 5.53. The van der Waals surface area contributed by atoms with Crippen LogP contribution in [0.5, 0.6) is 0 Å². The molecule has 1 aromatic rings. The fourth-order valence-corrected chi connectivity index (χ4v) is 2.31. The highest BCUT2D eigenvalue weighted by molar-refractivity contribution is 6.31. The van der Waals surface area contributed by atoms with Crippen LogP contribution in [0.4, 0.5) is 0 Å². The van der Waals surface area contributed by atoms with Gasteiger partial charge in [-0.1, -0.05) is 39.3 Å². The van der Waals surface area contributed by atoms with E-state index in [1.807, 2.05) is 4.68 Å². The molecule has 0 aromatic carbocycles. The van der Waals surface area contributed by atoms with Gasteiger partial charge in [0.05, 0.1) is 16.4 Å². The van der Waals surface area contributed by atoms with Gasteiger partial charge in [0, 0.05) is 19.0 Å². The molecule has 1 rings (SSSR count). The third kappa shape index (κ3) is 3.07. The first kappa shape index (κ1) is 15.5. The molecule has 0 fully saturated rings. The Labute approximate surface area is 116 Å².